The molecule has 0 radical (unpaired) electrons. The summed E-state index contributed by atoms with van der Waals surface area (Å²) in [6.07, 6.45) is 2.09. The number of hydroxylamine groups is 1. The normalized spacial score (nSPS) is 10.2. The molecule has 0 amide bonds. The van der Waals surface area contributed by atoms with Crippen LogP contribution in [0.25, 0.3) is 0 Å². The summed E-state index contributed by atoms with van der Waals surface area (Å²) in [6, 6.07) is 1.87. The highest BCUT2D eigenvalue weighted by molar-refractivity contribution is 5.52. The van der Waals surface area contributed by atoms with Crippen molar-refractivity contribution >= 4 is 17.6 Å². The van der Waals surface area contributed by atoms with Gasteiger partial charge in [0.1, 0.15) is 5.82 Å². The molecular weight excluding hydrogens is 230 g/mol. The first-order chi connectivity index (χ1) is 8.71. The van der Waals surface area contributed by atoms with Gasteiger partial charge in [-0.1, -0.05) is 13.8 Å². The lowest BCUT2D eigenvalue weighted by atomic mass is 10.4. The summed E-state index contributed by atoms with van der Waals surface area (Å²) < 4.78 is 0. The predicted octanol–water partition coefficient (Wildman–Crippen LogP) is 2.12. The molecule has 6 nitrogen and oxygen atoms in total. The second-order valence-electron chi connectivity index (χ2n) is 3.97. The highest BCUT2D eigenvalue weighted by atomic mass is 16.7. The lowest BCUT2D eigenvalue weighted by molar-refractivity contribution is 0.182. The van der Waals surface area contributed by atoms with Crippen LogP contribution in [0.1, 0.15) is 26.7 Å². The van der Waals surface area contributed by atoms with E-state index in [1.807, 2.05) is 13.1 Å². The number of hydrogen-bond acceptors (Lipinski definition) is 6. The van der Waals surface area contributed by atoms with E-state index >= 15 is 0 Å². The number of nitrogens with zero attached hydrogens (tertiary/aromatic N) is 3. The Balaban J connectivity index is 2.88. The molecular formula is C12H23N5O. The lowest BCUT2D eigenvalue weighted by Gasteiger charge is -2.17. The summed E-state index contributed by atoms with van der Waals surface area (Å²) >= 11 is 0. The molecule has 0 spiro atoms. The van der Waals surface area contributed by atoms with E-state index in [1.165, 1.54) is 0 Å². The van der Waals surface area contributed by atoms with Crippen LogP contribution in [0.5, 0.6) is 0 Å². The van der Waals surface area contributed by atoms with Gasteiger partial charge in [0.05, 0.1) is 7.11 Å². The zero-order valence-electron chi connectivity index (χ0n) is 11.7. The molecule has 0 fully saturated rings. The van der Waals surface area contributed by atoms with Crippen LogP contribution in [0.3, 0.4) is 0 Å². The largest absolute Gasteiger partial charge is 0.370 e. The highest BCUT2D eigenvalue weighted by Gasteiger charge is 2.07. The van der Waals surface area contributed by atoms with Gasteiger partial charge in [-0.15, -0.1) is 0 Å². The summed E-state index contributed by atoms with van der Waals surface area (Å²) in [5, 5.41) is 8.05. The Kier molecular flexibility index (Phi) is 6.21. The fraction of sp³-hybridized carbons (Fsp3) is 0.667. The van der Waals surface area contributed by atoms with E-state index in [4.69, 9.17) is 4.84 Å². The maximum Gasteiger partial charge on any atom is 0.226 e. The van der Waals surface area contributed by atoms with Gasteiger partial charge < -0.3 is 10.6 Å². The number of aromatic nitrogens is 2. The van der Waals surface area contributed by atoms with Crippen LogP contribution in [0, 0.1) is 0 Å². The van der Waals surface area contributed by atoms with Crippen LogP contribution in [0.4, 0.5) is 17.6 Å². The van der Waals surface area contributed by atoms with Gasteiger partial charge >= 0.3 is 0 Å². The SMILES string of the molecule is CCCNc1cc(N(C)OC)nc(NCCC)n1. The first-order valence-corrected chi connectivity index (χ1v) is 6.35. The Morgan fingerprint density at radius 3 is 2.44 bits per heavy atom. The Labute approximate surface area is 109 Å². The zero-order valence-corrected chi connectivity index (χ0v) is 11.7. The molecule has 1 heterocycles. The molecule has 1 rings (SSSR count). The fourth-order valence-corrected chi connectivity index (χ4v) is 1.35. The number of hydrogen-bond donors (Lipinski definition) is 2. The number of nitrogens with one attached hydrogen (secondary N) is 2. The molecule has 2 N–H and O–H groups in total. The standard InChI is InChI=1S/C12H23N5O/c1-5-7-13-10-9-11(17(3)18-4)16-12(15-10)14-8-6-2/h9H,5-8H2,1-4H3,(H2,13,14,15,16). The van der Waals surface area contributed by atoms with Crippen LogP contribution >= 0.6 is 0 Å². The van der Waals surface area contributed by atoms with E-state index in [1.54, 1.807) is 12.2 Å². The number of anilines is 3. The Morgan fingerprint density at radius 2 is 1.83 bits per heavy atom. The molecule has 0 atom stereocenters. The predicted molar refractivity (Wildman–Crippen MR) is 75.0 cm³/mol. The van der Waals surface area contributed by atoms with Crippen molar-refractivity contribution in [2.75, 3.05) is 42.9 Å². The summed E-state index contributed by atoms with van der Waals surface area (Å²) in [5.74, 6) is 2.16. The van der Waals surface area contributed by atoms with Gasteiger partial charge in [0, 0.05) is 26.2 Å². The highest BCUT2D eigenvalue weighted by Crippen LogP contribution is 2.17. The van der Waals surface area contributed by atoms with Gasteiger partial charge in [-0.2, -0.15) is 9.97 Å². The van der Waals surface area contributed by atoms with Crippen molar-refractivity contribution in [3.63, 3.8) is 0 Å². The van der Waals surface area contributed by atoms with Crippen molar-refractivity contribution in [1.29, 1.82) is 0 Å². The second kappa shape index (κ2) is 7.71. The van der Waals surface area contributed by atoms with Gasteiger partial charge in [-0.3, -0.25) is 4.84 Å². The first kappa shape index (κ1) is 14.5. The Hall–Kier alpha value is -1.56. The first-order valence-electron chi connectivity index (χ1n) is 6.35. The molecule has 0 saturated heterocycles. The Morgan fingerprint density at radius 1 is 1.17 bits per heavy atom. The third-order valence-corrected chi connectivity index (χ3v) is 2.40. The zero-order chi connectivity index (χ0) is 13.4. The van der Waals surface area contributed by atoms with Crippen molar-refractivity contribution in [1.82, 2.24) is 9.97 Å². The van der Waals surface area contributed by atoms with E-state index in [2.05, 4.69) is 34.4 Å². The van der Waals surface area contributed by atoms with Gasteiger partial charge in [0.2, 0.25) is 5.95 Å². The second-order valence-corrected chi connectivity index (χ2v) is 3.97. The molecule has 0 aromatic carbocycles. The smallest absolute Gasteiger partial charge is 0.226 e. The molecule has 1 aromatic rings. The quantitative estimate of drug-likeness (QED) is 0.692. The van der Waals surface area contributed by atoms with Crippen molar-refractivity contribution in [3.8, 4) is 0 Å². The van der Waals surface area contributed by atoms with Crippen LogP contribution in [0.15, 0.2) is 6.07 Å². The monoisotopic (exact) mass is 253 g/mol. The average Bonchev–Trinajstić information content (AvgIpc) is 2.41. The van der Waals surface area contributed by atoms with E-state index in [9.17, 15) is 0 Å². The van der Waals surface area contributed by atoms with Crippen molar-refractivity contribution in [3.05, 3.63) is 6.07 Å². The molecule has 18 heavy (non-hydrogen) atoms. The molecule has 1 aromatic heterocycles. The van der Waals surface area contributed by atoms with Crippen molar-refractivity contribution < 1.29 is 4.84 Å². The molecule has 0 aliphatic rings. The van der Waals surface area contributed by atoms with Crippen LogP contribution < -0.4 is 15.7 Å². The van der Waals surface area contributed by atoms with Gasteiger partial charge in [0.15, 0.2) is 5.82 Å². The summed E-state index contributed by atoms with van der Waals surface area (Å²) in [6.45, 7) is 5.97. The van der Waals surface area contributed by atoms with E-state index in [-0.39, 0.29) is 0 Å². The molecule has 102 valence electrons. The van der Waals surface area contributed by atoms with Gasteiger partial charge in [-0.25, -0.2) is 5.06 Å². The maximum atomic E-state index is 5.14. The lowest BCUT2D eigenvalue weighted by Crippen LogP contribution is -2.18. The molecule has 0 aliphatic carbocycles. The van der Waals surface area contributed by atoms with Gasteiger partial charge in [-0.05, 0) is 12.8 Å². The van der Waals surface area contributed by atoms with Gasteiger partial charge in [0.25, 0.3) is 0 Å². The molecule has 0 unspecified atom stereocenters. The van der Waals surface area contributed by atoms with E-state index < -0.39 is 0 Å². The third kappa shape index (κ3) is 4.37. The molecule has 0 aliphatic heterocycles. The summed E-state index contributed by atoms with van der Waals surface area (Å²) in [7, 11) is 3.43. The summed E-state index contributed by atoms with van der Waals surface area (Å²) in [5.41, 5.74) is 0. The van der Waals surface area contributed by atoms with E-state index in [0.29, 0.717) is 5.95 Å². The average molecular weight is 253 g/mol. The van der Waals surface area contributed by atoms with Crippen LogP contribution in [0.2, 0.25) is 0 Å². The topological polar surface area (TPSA) is 62.3 Å². The van der Waals surface area contributed by atoms with E-state index in [0.717, 1.165) is 37.6 Å². The molecule has 0 saturated carbocycles. The minimum absolute atomic E-state index is 0.622. The molecule has 6 heteroatoms. The number of rotatable bonds is 8. The van der Waals surface area contributed by atoms with Crippen LogP contribution in [-0.4, -0.2) is 37.2 Å². The Bertz CT molecular complexity index is 332. The maximum absolute atomic E-state index is 5.14. The molecule has 0 bridgehead atoms. The minimum atomic E-state index is 0.622. The van der Waals surface area contributed by atoms with Crippen molar-refractivity contribution in [2.24, 2.45) is 0 Å². The minimum Gasteiger partial charge on any atom is -0.370 e. The van der Waals surface area contributed by atoms with Crippen LogP contribution in [-0.2, 0) is 4.84 Å². The third-order valence-electron chi connectivity index (χ3n) is 2.40. The fourth-order valence-electron chi connectivity index (χ4n) is 1.35. The summed E-state index contributed by atoms with van der Waals surface area (Å²) in [4.78, 5) is 13.9. The van der Waals surface area contributed by atoms with Crippen molar-refractivity contribution in [2.45, 2.75) is 26.7 Å².